The van der Waals surface area contributed by atoms with Crippen LogP contribution in [0.1, 0.15) is 30.2 Å². The highest BCUT2D eigenvalue weighted by atomic mass is 79.9. The van der Waals surface area contributed by atoms with Crippen molar-refractivity contribution in [3.05, 3.63) is 45.4 Å². The first-order valence-electron chi connectivity index (χ1n) is 7.83. The second-order valence-corrected chi connectivity index (χ2v) is 8.03. The van der Waals surface area contributed by atoms with Crippen molar-refractivity contribution in [3.63, 3.8) is 0 Å². The Kier molecular flexibility index (Phi) is 7.22. The minimum Gasteiger partial charge on any atom is -0.314 e. The van der Waals surface area contributed by atoms with Crippen molar-refractivity contribution in [1.82, 2.24) is 10.3 Å². The van der Waals surface area contributed by atoms with E-state index in [0.29, 0.717) is 11.2 Å². The van der Waals surface area contributed by atoms with Gasteiger partial charge >= 0.3 is 0 Å². The van der Waals surface area contributed by atoms with E-state index >= 15 is 0 Å². The second-order valence-electron chi connectivity index (χ2n) is 6.00. The average molecular weight is 431 g/mol. The number of anilines is 1. The highest BCUT2D eigenvalue weighted by Crippen LogP contribution is 2.24. The van der Waals surface area contributed by atoms with Gasteiger partial charge in [-0.2, -0.15) is 0 Å². The van der Waals surface area contributed by atoms with E-state index in [9.17, 15) is 4.79 Å². The molecule has 130 valence electrons. The van der Waals surface area contributed by atoms with Crippen LogP contribution in [0.2, 0.25) is 0 Å². The summed E-state index contributed by atoms with van der Waals surface area (Å²) in [7, 11) is 0. The quantitative estimate of drug-likeness (QED) is 0.762. The normalized spacial score (nSPS) is 20.2. The summed E-state index contributed by atoms with van der Waals surface area (Å²) in [5.41, 5.74) is 1.24. The zero-order valence-electron chi connectivity index (χ0n) is 13.4. The summed E-state index contributed by atoms with van der Waals surface area (Å²) in [5, 5.41) is 7.05. The number of rotatable bonds is 4. The lowest BCUT2D eigenvalue weighted by molar-refractivity contribution is -0.120. The number of benzene rings is 1. The Labute approximate surface area is 161 Å². The molecule has 0 radical (unpaired) electrons. The molecule has 0 bridgehead atoms. The third-order valence-electron chi connectivity index (χ3n) is 4.07. The van der Waals surface area contributed by atoms with E-state index in [1.807, 2.05) is 18.3 Å². The average Bonchev–Trinajstić information content (AvgIpc) is 2.96. The van der Waals surface area contributed by atoms with Crippen molar-refractivity contribution in [3.8, 4) is 0 Å². The molecule has 1 fully saturated rings. The molecule has 4 nitrogen and oxygen atoms in total. The van der Waals surface area contributed by atoms with Gasteiger partial charge in [0.15, 0.2) is 5.13 Å². The third-order valence-corrected chi connectivity index (χ3v) is 5.51. The Morgan fingerprint density at radius 1 is 1.42 bits per heavy atom. The molecule has 2 atom stereocenters. The van der Waals surface area contributed by atoms with E-state index in [1.54, 1.807) is 11.3 Å². The zero-order valence-corrected chi connectivity index (χ0v) is 16.6. The minimum absolute atomic E-state index is 0. The SMILES string of the molecule is C[C@H]1C[C@@H](C(=O)Nc2ncc(Cc3ccc(Br)cc3)s2)CCN1.Cl. The Bertz CT molecular complexity index is 677. The number of hydrogen-bond donors (Lipinski definition) is 2. The zero-order chi connectivity index (χ0) is 16.2. The Balaban J connectivity index is 0.00000208. The first kappa shape index (κ1) is 19.4. The highest BCUT2D eigenvalue weighted by molar-refractivity contribution is 9.10. The maximum Gasteiger partial charge on any atom is 0.229 e. The molecule has 1 amide bonds. The van der Waals surface area contributed by atoms with Gasteiger partial charge in [0, 0.05) is 33.9 Å². The molecular formula is C17H21BrClN3OS. The van der Waals surface area contributed by atoms with Gasteiger partial charge < -0.3 is 10.6 Å². The van der Waals surface area contributed by atoms with Crippen LogP contribution in [0.3, 0.4) is 0 Å². The highest BCUT2D eigenvalue weighted by Gasteiger charge is 2.25. The fourth-order valence-electron chi connectivity index (χ4n) is 2.83. The number of thiazole rings is 1. The number of piperidine rings is 1. The molecule has 3 rings (SSSR count). The van der Waals surface area contributed by atoms with Gasteiger partial charge in [0.1, 0.15) is 0 Å². The molecular weight excluding hydrogens is 410 g/mol. The Morgan fingerprint density at radius 3 is 2.88 bits per heavy atom. The smallest absolute Gasteiger partial charge is 0.229 e. The number of halogens is 2. The molecule has 7 heteroatoms. The van der Waals surface area contributed by atoms with E-state index < -0.39 is 0 Å². The lowest BCUT2D eigenvalue weighted by Gasteiger charge is -2.26. The summed E-state index contributed by atoms with van der Waals surface area (Å²) < 4.78 is 1.08. The molecule has 2 aromatic rings. The predicted octanol–water partition coefficient (Wildman–Crippen LogP) is 4.24. The van der Waals surface area contributed by atoms with Gasteiger partial charge in [-0.25, -0.2) is 4.98 Å². The van der Waals surface area contributed by atoms with E-state index in [4.69, 9.17) is 0 Å². The molecule has 1 aliphatic rings. The number of nitrogens with one attached hydrogen (secondary N) is 2. The molecule has 0 unspecified atom stereocenters. The van der Waals surface area contributed by atoms with Gasteiger partial charge in [-0.05, 0) is 44.0 Å². The largest absolute Gasteiger partial charge is 0.314 e. The minimum atomic E-state index is 0. The van der Waals surface area contributed by atoms with Crippen molar-refractivity contribution in [2.45, 2.75) is 32.2 Å². The van der Waals surface area contributed by atoms with Crippen LogP contribution in [0, 0.1) is 5.92 Å². The number of aromatic nitrogens is 1. The van der Waals surface area contributed by atoms with Gasteiger partial charge in [-0.15, -0.1) is 23.7 Å². The molecule has 1 aromatic heterocycles. The van der Waals surface area contributed by atoms with E-state index in [1.165, 1.54) is 5.56 Å². The van der Waals surface area contributed by atoms with Gasteiger partial charge in [0.05, 0.1) is 0 Å². The summed E-state index contributed by atoms with van der Waals surface area (Å²) in [5.74, 6) is 0.188. The maximum atomic E-state index is 12.3. The molecule has 0 saturated carbocycles. The molecule has 1 aromatic carbocycles. The van der Waals surface area contributed by atoms with Gasteiger partial charge in [-0.3, -0.25) is 4.79 Å². The number of hydrogen-bond acceptors (Lipinski definition) is 4. The predicted molar refractivity (Wildman–Crippen MR) is 105 cm³/mol. The monoisotopic (exact) mass is 429 g/mol. The first-order chi connectivity index (χ1) is 11.1. The molecule has 2 heterocycles. The van der Waals surface area contributed by atoms with E-state index in [0.717, 1.165) is 35.2 Å². The van der Waals surface area contributed by atoms with Gasteiger partial charge in [0.25, 0.3) is 0 Å². The molecule has 1 aliphatic heterocycles. The van der Waals surface area contributed by atoms with Crippen molar-refractivity contribution in [2.24, 2.45) is 5.92 Å². The summed E-state index contributed by atoms with van der Waals surface area (Å²) in [6.45, 7) is 3.03. The third kappa shape index (κ3) is 5.28. The van der Waals surface area contributed by atoms with Crippen molar-refractivity contribution < 1.29 is 4.79 Å². The van der Waals surface area contributed by atoms with Gasteiger partial charge in [-0.1, -0.05) is 28.1 Å². The number of carbonyl (C=O) groups excluding carboxylic acids is 1. The molecule has 1 saturated heterocycles. The fourth-order valence-corrected chi connectivity index (χ4v) is 3.94. The van der Waals surface area contributed by atoms with Crippen LogP contribution in [-0.2, 0) is 11.2 Å². The van der Waals surface area contributed by atoms with Crippen LogP contribution in [0.4, 0.5) is 5.13 Å². The summed E-state index contributed by atoms with van der Waals surface area (Å²) >= 11 is 5.00. The Morgan fingerprint density at radius 2 is 2.17 bits per heavy atom. The topological polar surface area (TPSA) is 54.0 Å². The van der Waals surface area contributed by atoms with Crippen molar-refractivity contribution in [1.29, 1.82) is 0 Å². The van der Waals surface area contributed by atoms with Crippen LogP contribution in [0.5, 0.6) is 0 Å². The molecule has 0 aliphatic carbocycles. The number of carbonyl (C=O) groups is 1. The molecule has 0 spiro atoms. The van der Waals surface area contributed by atoms with Crippen LogP contribution < -0.4 is 10.6 Å². The fraction of sp³-hybridized carbons (Fsp3) is 0.412. The van der Waals surface area contributed by atoms with E-state index in [-0.39, 0.29) is 24.2 Å². The van der Waals surface area contributed by atoms with Crippen molar-refractivity contribution in [2.75, 3.05) is 11.9 Å². The first-order valence-corrected chi connectivity index (χ1v) is 9.44. The summed E-state index contributed by atoms with van der Waals surface area (Å²) in [4.78, 5) is 17.8. The summed E-state index contributed by atoms with van der Waals surface area (Å²) in [6.07, 6.45) is 4.48. The number of nitrogens with zero attached hydrogens (tertiary/aromatic N) is 1. The number of amides is 1. The maximum absolute atomic E-state index is 12.3. The Hall–Kier alpha value is -0.950. The molecule has 24 heavy (non-hydrogen) atoms. The molecule has 2 N–H and O–H groups in total. The second kappa shape index (κ2) is 8.94. The van der Waals surface area contributed by atoms with Crippen LogP contribution in [0.25, 0.3) is 0 Å². The lowest BCUT2D eigenvalue weighted by Crippen LogP contribution is -2.40. The van der Waals surface area contributed by atoms with Crippen LogP contribution in [0.15, 0.2) is 34.9 Å². The van der Waals surface area contributed by atoms with Crippen LogP contribution in [-0.4, -0.2) is 23.5 Å². The standard InChI is InChI=1S/C17H20BrN3OS.ClH/c1-11-8-13(6-7-19-11)16(22)21-17-20-10-15(23-17)9-12-2-4-14(18)5-3-12;/h2-5,10-11,13,19H,6-9H2,1H3,(H,20,21,22);1H/t11-,13-;/m0./s1. The van der Waals surface area contributed by atoms with E-state index in [2.05, 4.69) is 50.6 Å². The summed E-state index contributed by atoms with van der Waals surface area (Å²) in [6, 6.07) is 8.68. The van der Waals surface area contributed by atoms with Gasteiger partial charge in [0.2, 0.25) is 5.91 Å². The van der Waals surface area contributed by atoms with Crippen molar-refractivity contribution >= 4 is 50.7 Å². The lowest BCUT2D eigenvalue weighted by atomic mass is 9.93. The van der Waals surface area contributed by atoms with Crippen LogP contribution >= 0.6 is 39.7 Å².